The molecule has 4 nitrogen and oxygen atoms in total. The van der Waals surface area contributed by atoms with Gasteiger partial charge in [-0.3, -0.25) is 9.59 Å². The second-order valence-corrected chi connectivity index (χ2v) is 5.89. The second-order valence-electron chi connectivity index (χ2n) is 5.89. The Morgan fingerprint density at radius 1 is 1.35 bits per heavy atom. The standard InChI is InChI=1S/C16H24N2O2/c1-12(13-7-4-3-5-8-13)16(20)18(2)11-15(19)14-9-6-10-17-14/h6,9-10,12-13,17H,3-5,7-8,11H2,1-2H3/t12-/m0/s1. The van der Waals surface area contributed by atoms with Crippen LogP contribution < -0.4 is 0 Å². The first-order chi connectivity index (χ1) is 9.59. The molecule has 20 heavy (non-hydrogen) atoms. The summed E-state index contributed by atoms with van der Waals surface area (Å²) in [5.41, 5.74) is 0.565. The Bertz CT molecular complexity index is 447. The Morgan fingerprint density at radius 2 is 2.05 bits per heavy atom. The summed E-state index contributed by atoms with van der Waals surface area (Å²) < 4.78 is 0. The zero-order valence-electron chi connectivity index (χ0n) is 12.4. The van der Waals surface area contributed by atoms with Crippen molar-refractivity contribution in [2.45, 2.75) is 39.0 Å². The number of rotatable bonds is 5. The van der Waals surface area contributed by atoms with Crippen LogP contribution in [0.1, 0.15) is 49.5 Å². The monoisotopic (exact) mass is 276 g/mol. The van der Waals surface area contributed by atoms with Crippen LogP contribution >= 0.6 is 0 Å². The van der Waals surface area contributed by atoms with Crippen molar-refractivity contribution in [3.8, 4) is 0 Å². The number of nitrogens with one attached hydrogen (secondary N) is 1. The summed E-state index contributed by atoms with van der Waals surface area (Å²) >= 11 is 0. The Balaban J connectivity index is 1.89. The van der Waals surface area contributed by atoms with E-state index >= 15 is 0 Å². The molecule has 1 aromatic rings. The predicted molar refractivity (Wildman–Crippen MR) is 78.5 cm³/mol. The second kappa shape index (κ2) is 6.73. The number of H-pyrrole nitrogens is 1. The molecule has 4 heteroatoms. The maximum absolute atomic E-state index is 12.4. The van der Waals surface area contributed by atoms with Crippen molar-refractivity contribution < 1.29 is 9.59 Å². The maximum atomic E-state index is 12.4. The summed E-state index contributed by atoms with van der Waals surface area (Å²) in [5, 5.41) is 0. The number of amides is 1. The zero-order valence-corrected chi connectivity index (χ0v) is 12.4. The normalized spacial score (nSPS) is 17.7. The summed E-state index contributed by atoms with van der Waals surface area (Å²) in [6.07, 6.45) is 7.76. The van der Waals surface area contributed by atoms with Gasteiger partial charge >= 0.3 is 0 Å². The number of hydrogen-bond donors (Lipinski definition) is 1. The lowest BCUT2D eigenvalue weighted by atomic mass is 9.80. The molecule has 0 aromatic carbocycles. The van der Waals surface area contributed by atoms with Crippen LogP contribution in [0.4, 0.5) is 0 Å². The number of aromatic amines is 1. The van der Waals surface area contributed by atoms with Crippen LogP contribution in [-0.2, 0) is 4.79 Å². The van der Waals surface area contributed by atoms with Crippen molar-refractivity contribution in [2.75, 3.05) is 13.6 Å². The van der Waals surface area contributed by atoms with Crippen LogP contribution in [0.5, 0.6) is 0 Å². The molecule has 0 bridgehead atoms. The highest BCUT2D eigenvalue weighted by molar-refractivity contribution is 5.97. The molecule has 2 rings (SSSR count). The van der Waals surface area contributed by atoms with Crippen LogP contribution in [0.2, 0.25) is 0 Å². The first kappa shape index (κ1) is 14.8. The van der Waals surface area contributed by atoms with Gasteiger partial charge in [-0.1, -0.05) is 26.2 Å². The van der Waals surface area contributed by atoms with E-state index in [-0.39, 0.29) is 24.2 Å². The van der Waals surface area contributed by atoms with Crippen molar-refractivity contribution in [3.63, 3.8) is 0 Å². The molecule has 1 aliphatic rings. The summed E-state index contributed by atoms with van der Waals surface area (Å²) in [4.78, 5) is 28.9. The topological polar surface area (TPSA) is 53.2 Å². The number of carbonyl (C=O) groups excluding carboxylic acids is 2. The molecule has 1 aromatic heterocycles. The zero-order chi connectivity index (χ0) is 14.5. The lowest BCUT2D eigenvalue weighted by Crippen LogP contribution is -2.38. The summed E-state index contributed by atoms with van der Waals surface area (Å²) in [7, 11) is 1.72. The van der Waals surface area contributed by atoms with Crippen molar-refractivity contribution in [2.24, 2.45) is 11.8 Å². The van der Waals surface area contributed by atoms with Crippen LogP contribution in [0.3, 0.4) is 0 Å². The quantitative estimate of drug-likeness (QED) is 0.841. The molecule has 0 aliphatic heterocycles. The van der Waals surface area contributed by atoms with Crippen molar-refractivity contribution in [1.82, 2.24) is 9.88 Å². The molecule has 1 atom stereocenters. The molecule has 1 amide bonds. The Labute approximate surface area is 120 Å². The van der Waals surface area contributed by atoms with E-state index in [0.717, 1.165) is 12.8 Å². The highest BCUT2D eigenvalue weighted by Gasteiger charge is 2.28. The van der Waals surface area contributed by atoms with Crippen LogP contribution in [0.15, 0.2) is 18.3 Å². The SMILES string of the molecule is C[C@H](C(=O)N(C)CC(=O)c1ccc[nH]1)C1CCCCC1. The van der Waals surface area contributed by atoms with Crippen LogP contribution in [0.25, 0.3) is 0 Å². The van der Waals surface area contributed by atoms with Gasteiger partial charge in [-0.05, 0) is 30.9 Å². The molecule has 1 N–H and O–H groups in total. The third-order valence-corrected chi connectivity index (χ3v) is 4.40. The fraction of sp³-hybridized carbons (Fsp3) is 0.625. The number of Topliss-reactive ketones (excluding diaryl/α,β-unsaturated/α-hetero) is 1. The van der Waals surface area contributed by atoms with Crippen LogP contribution in [-0.4, -0.2) is 35.2 Å². The molecular formula is C16H24N2O2. The van der Waals surface area contributed by atoms with Gasteiger partial charge in [0.25, 0.3) is 0 Å². The number of likely N-dealkylation sites (N-methyl/N-ethyl adjacent to an activating group) is 1. The predicted octanol–water partition coefficient (Wildman–Crippen LogP) is 2.87. The molecule has 110 valence electrons. The minimum Gasteiger partial charge on any atom is -0.359 e. The molecule has 1 saturated carbocycles. The van der Waals surface area contributed by atoms with E-state index in [2.05, 4.69) is 4.98 Å². The molecule has 1 heterocycles. The average molecular weight is 276 g/mol. The smallest absolute Gasteiger partial charge is 0.225 e. The molecule has 1 aliphatic carbocycles. The molecule has 0 radical (unpaired) electrons. The largest absolute Gasteiger partial charge is 0.359 e. The molecular weight excluding hydrogens is 252 g/mol. The van der Waals surface area contributed by atoms with Crippen molar-refractivity contribution >= 4 is 11.7 Å². The summed E-state index contributed by atoms with van der Waals surface area (Å²) in [6.45, 7) is 2.16. The first-order valence-electron chi connectivity index (χ1n) is 7.51. The fourth-order valence-corrected chi connectivity index (χ4v) is 3.07. The first-order valence-corrected chi connectivity index (χ1v) is 7.51. The fourth-order valence-electron chi connectivity index (χ4n) is 3.07. The van der Waals surface area contributed by atoms with Gasteiger partial charge in [-0.2, -0.15) is 0 Å². The minimum absolute atomic E-state index is 0.0248. The third kappa shape index (κ3) is 3.50. The highest BCUT2D eigenvalue weighted by Crippen LogP contribution is 2.30. The number of hydrogen-bond acceptors (Lipinski definition) is 2. The summed E-state index contributed by atoms with van der Waals surface area (Å²) in [5.74, 6) is 0.564. The van der Waals surface area contributed by atoms with Crippen molar-refractivity contribution in [1.29, 1.82) is 0 Å². The van der Waals surface area contributed by atoms with E-state index in [0.29, 0.717) is 11.6 Å². The van der Waals surface area contributed by atoms with E-state index in [9.17, 15) is 9.59 Å². The van der Waals surface area contributed by atoms with Crippen molar-refractivity contribution in [3.05, 3.63) is 24.0 Å². The number of aromatic nitrogens is 1. The molecule has 0 unspecified atom stereocenters. The molecule has 1 fully saturated rings. The van der Waals surface area contributed by atoms with Gasteiger partial charge in [-0.25, -0.2) is 0 Å². The Morgan fingerprint density at radius 3 is 2.65 bits per heavy atom. The van der Waals surface area contributed by atoms with Gasteiger partial charge < -0.3 is 9.88 Å². The number of nitrogens with zero attached hydrogens (tertiary/aromatic N) is 1. The highest BCUT2D eigenvalue weighted by atomic mass is 16.2. The Hall–Kier alpha value is -1.58. The lowest BCUT2D eigenvalue weighted by molar-refractivity contribution is -0.135. The molecule has 0 saturated heterocycles. The lowest BCUT2D eigenvalue weighted by Gasteiger charge is -2.29. The minimum atomic E-state index is -0.0401. The maximum Gasteiger partial charge on any atom is 0.225 e. The van der Waals surface area contributed by atoms with Crippen LogP contribution in [0, 0.1) is 11.8 Å². The average Bonchev–Trinajstić information content (AvgIpc) is 3.01. The van der Waals surface area contributed by atoms with Gasteiger partial charge in [0.15, 0.2) is 5.78 Å². The van der Waals surface area contributed by atoms with E-state index < -0.39 is 0 Å². The van der Waals surface area contributed by atoms with Gasteiger partial charge in [0.1, 0.15) is 0 Å². The van der Waals surface area contributed by atoms with Gasteiger partial charge in [-0.15, -0.1) is 0 Å². The number of ketones is 1. The van der Waals surface area contributed by atoms with E-state index in [1.165, 1.54) is 19.3 Å². The van der Waals surface area contributed by atoms with Gasteiger partial charge in [0, 0.05) is 19.2 Å². The summed E-state index contributed by atoms with van der Waals surface area (Å²) in [6, 6.07) is 3.53. The van der Waals surface area contributed by atoms with E-state index in [1.807, 2.05) is 6.92 Å². The number of carbonyl (C=O) groups is 2. The molecule has 0 spiro atoms. The third-order valence-electron chi connectivity index (χ3n) is 4.40. The van der Waals surface area contributed by atoms with E-state index in [1.54, 1.807) is 30.3 Å². The van der Waals surface area contributed by atoms with Gasteiger partial charge in [0.2, 0.25) is 5.91 Å². The van der Waals surface area contributed by atoms with Gasteiger partial charge in [0.05, 0.1) is 12.2 Å². The van der Waals surface area contributed by atoms with E-state index in [4.69, 9.17) is 0 Å². The Kier molecular flexibility index (Phi) is 4.99.